The predicted molar refractivity (Wildman–Crippen MR) is 71.4 cm³/mol. The van der Waals surface area contributed by atoms with Gasteiger partial charge in [0.2, 0.25) is 0 Å². The highest BCUT2D eigenvalue weighted by atomic mass is 16.5. The van der Waals surface area contributed by atoms with Gasteiger partial charge in [0.25, 0.3) is 0 Å². The summed E-state index contributed by atoms with van der Waals surface area (Å²) >= 11 is 0. The van der Waals surface area contributed by atoms with Crippen LogP contribution in [0.2, 0.25) is 0 Å². The Labute approximate surface area is 111 Å². The molecule has 2 unspecified atom stereocenters. The highest BCUT2D eigenvalue weighted by Crippen LogP contribution is 2.27. The molecule has 6 heteroatoms. The van der Waals surface area contributed by atoms with Crippen molar-refractivity contribution in [3.8, 4) is 0 Å². The van der Waals surface area contributed by atoms with Crippen LogP contribution in [0.3, 0.4) is 0 Å². The average Bonchev–Trinajstić information content (AvgIpc) is 2.37. The Bertz CT molecular complexity index is 478. The molecule has 19 heavy (non-hydrogen) atoms. The van der Waals surface area contributed by atoms with E-state index in [0.29, 0.717) is 24.5 Å². The van der Waals surface area contributed by atoms with Crippen molar-refractivity contribution in [2.45, 2.75) is 19.1 Å². The summed E-state index contributed by atoms with van der Waals surface area (Å²) in [4.78, 5) is 13.2. The number of nitrogen functional groups attached to an aromatic ring is 1. The molecule has 0 aliphatic carbocycles. The fraction of sp³-hybridized carbons (Fsp3) is 0.462. The van der Waals surface area contributed by atoms with E-state index in [1.165, 1.54) is 6.07 Å². The summed E-state index contributed by atoms with van der Waals surface area (Å²) < 4.78 is 5.55. The molecule has 1 aromatic rings. The smallest absolute Gasteiger partial charge is 0.337 e. The van der Waals surface area contributed by atoms with Crippen LogP contribution in [0.25, 0.3) is 0 Å². The van der Waals surface area contributed by atoms with Crippen molar-refractivity contribution in [2.75, 3.05) is 30.3 Å². The van der Waals surface area contributed by atoms with E-state index in [1.54, 1.807) is 12.1 Å². The van der Waals surface area contributed by atoms with Crippen molar-refractivity contribution in [2.24, 2.45) is 0 Å². The van der Waals surface area contributed by atoms with Crippen molar-refractivity contribution >= 4 is 17.3 Å². The van der Waals surface area contributed by atoms with Gasteiger partial charge in [0.05, 0.1) is 30.1 Å². The fourth-order valence-corrected chi connectivity index (χ4v) is 2.33. The summed E-state index contributed by atoms with van der Waals surface area (Å²) in [6.45, 7) is 2.82. The molecule has 6 nitrogen and oxygen atoms in total. The predicted octanol–water partition coefficient (Wildman–Crippen LogP) is 0.553. The number of carboxylic acids is 1. The van der Waals surface area contributed by atoms with Gasteiger partial charge >= 0.3 is 5.97 Å². The number of carboxylic acid groups (broad SMARTS) is 1. The minimum atomic E-state index is -0.991. The van der Waals surface area contributed by atoms with Crippen molar-refractivity contribution in [3.63, 3.8) is 0 Å². The molecule has 0 radical (unpaired) electrons. The van der Waals surface area contributed by atoms with Crippen molar-refractivity contribution in [3.05, 3.63) is 23.8 Å². The molecular formula is C13H18N2O4. The van der Waals surface area contributed by atoms with E-state index in [9.17, 15) is 15.0 Å². The molecule has 0 spiro atoms. The molecule has 1 aromatic carbocycles. The monoisotopic (exact) mass is 266 g/mol. The summed E-state index contributed by atoms with van der Waals surface area (Å²) in [5.41, 5.74) is 7.03. The van der Waals surface area contributed by atoms with Gasteiger partial charge in [-0.15, -0.1) is 0 Å². The number of nitrogens with two attached hydrogens (primary N) is 1. The molecule has 104 valence electrons. The molecule has 1 heterocycles. The van der Waals surface area contributed by atoms with E-state index >= 15 is 0 Å². The van der Waals surface area contributed by atoms with Gasteiger partial charge in [0.1, 0.15) is 0 Å². The van der Waals surface area contributed by atoms with Crippen LogP contribution in [0.15, 0.2) is 18.2 Å². The van der Waals surface area contributed by atoms with Crippen LogP contribution in [0.4, 0.5) is 11.4 Å². The Morgan fingerprint density at radius 1 is 1.53 bits per heavy atom. The summed E-state index contributed by atoms with van der Waals surface area (Å²) in [7, 11) is 0. The quantitative estimate of drug-likeness (QED) is 0.692. The van der Waals surface area contributed by atoms with Gasteiger partial charge in [0, 0.05) is 18.8 Å². The van der Waals surface area contributed by atoms with Gasteiger partial charge in [0.15, 0.2) is 0 Å². The van der Waals surface area contributed by atoms with E-state index < -0.39 is 5.97 Å². The lowest BCUT2D eigenvalue weighted by Crippen LogP contribution is -2.48. The van der Waals surface area contributed by atoms with Crippen LogP contribution < -0.4 is 10.6 Å². The molecule has 1 fully saturated rings. The zero-order chi connectivity index (χ0) is 14.0. The molecule has 1 saturated heterocycles. The normalized spacial score (nSPS) is 23.4. The first-order valence-electron chi connectivity index (χ1n) is 6.15. The highest BCUT2D eigenvalue weighted by molar-refractivity contribution is 5.95. The number of anilines is 2. The second kappa shape index (κ2) is 5.46. The summed E-state index contributed by atoms with van der Waals surface area (Å²) in [5.74, 6) is -0.991. The first-order valence-corrected chi connectivity index (χ1v) is 6.15. The Kier molecular flexibility index (Phi) is 3.92. The number of hydrogen-bond donors (Lipinski definition) is 3. The number of morpholine rings is 1. The number of carbonyl (C=O) groups is 1. The summed E-state index contributed by atoms with van der Waals surface area (Å²) in [6.07, 6.45) is -0.388. The first kappa shape index (κ1) is 13.6. The van der Waals surface area contributed by atoms with Crippen LogP contribution in [-0.4, -0.2) is 48.1 Å². The summed E-state index contributed by atoms with van der Waals surface area (Å²) in [6, 6.07) is 4.72. The number of nitrogens with zero attached hydrogens (tertiary/aromatic N) is 1. The number of aliphatic hydroxyl groups excluding tert-OH is 1. The Hall–Kier alpha value is -1.79. The van der Waals surface area contributed by atoms with Gasteiger partial charge in [-0.2, -0.15) is 0 Å². The number of aromatic carboxylic acids is 1. The zero-order valence-electron chi connectivity index (χ0n) is 10.7. The second-order valence-electron chi connectivity index (χ2n) is 4.74. The van der Waals surface area contributed by atoms with Crippen LogP contribution in [0, 0.1) is 0 Å². The summed E-state index contributed by atoms with van der Waals surface area (Å²) in [5, 5.41) is 18.4. The molecule has 0 amide bonds. The SMILES string of the molecule is CC1CN(c2cc(N)ccc2C(=O)O)CC(CO)O1. The Balaban J connectivity index is 2.34. The van der Waals surface area contributed by atoms with Crippen LogP contribution >= 0.6 is 0 Å². The van der Waals surface area contributed by atoms with Crippen molar-refractivity contribution < 1.29 is 19.7 Å². The van der Waals surface area contributed by atoms with Gasteiger partial charge in [-0.25, -0.2) is 4.79 Å². The third-order valence-corrected chi connectivity index (χ3v) is 3.12. The molecule has 1 aliphatic rings. The third kappa shape index (κ3) is 2.97. The number of benzene rings is 1. The highest BCUT2D eigenvalue weighted by Gasteiger charge is 2.27. The van der Waals surface area contributed by atoms with E-state index in [2.05, 4.69) is 0 Å². The van der Waals surface area contributed by atoms with Gasteiger partial charge in [-0.05, 0) is 25.1 Å². The Morgan fingerprint density at radius 2 is 2.26 bits per heavy atom. The lowest BCUT2D eigenvalue weighted by molar-refractivity contribution is -0.0421. The van der Waals surface area contributed by atoms with Crippen LogP contribution in [0.5, 0.6) is 0 Å². The number of hydrogen-bond acceptors (Lipinski definition) is 5. The number of ether oxygens (including phenoxy) is 1. The van der Waals surface area contributed by atoms with E-state index in [4.69, 9.17) is 10.5 Å². The minimum absolute atomic E-state index is 0.0750. The average molecular weight is 266 g/mol. The molecular weight excluding hydrogens is 248 g/mol. The first-order chi connectivity index (χ1) is 9.01. The van der Waals surface area contributed by atoms with E-state index in [-0.39, 0.29) is 24.4 Å². The Morgan fingerprint density at radius 3 is 2.89 bits per heavy atom. The largest absolute Gasteiger partial charge is 0.478 e. The van der Waals surface area contributed by atoms with E-state index in [0.717, 1.165) is 0 Å². The van der Waals surface area contributed by atoms with Crippen molar-refractivity contribution in [1.82, 2.24) is 0 Å². The van der Waals surface area contributed by atoms with E-state index in [1.807, 2.05) is 11.8 Å². The third-order valence-electron chi connectivity index (χ3n) is 3.12. The van der Waals surface area contributed by atoms with Gasteiger partial charge in [-0.3, -0.25) is 0 Å². The molecule has 0 saturated carbocycles. The van der Waals surface area contributed by atoms with Gasteiger partial charge in [-0.1, -0.05) is 0 Å². The van der Waals surface area contributed by atoms with Gasteiger partial charge < -0.3 is 25.6 Å². The fourth-order valence-electron chi connectivity index (χ4n) is 2.33. The number of aliphatic hydroxyl groups is 1. The van der Waals surface area contributed by atoms with Crippen molar-refractivity contribution in [1.29, 1.82) is 0 Å². The standard InChI is InChI=1S/C13H18N2O4/c1-8-5-15(6-10(7-16)19-8)12-4-9(14)2-3-11(12)13(17)18/h2-4,8,10,16H,5-7,14H2,1H3,(H,17,18). The molecule has 4 N–H and O–H groups in total. The topological polar surface area (TPSA) is 96.0 Å². The lowest BCUT2D eigenvalue weighted by atomic mass is 10.1. The van der Waals surface area contributed by atoms with Crippen LogP contribution in [0.1, 0.15) is 17.3 Å². The molecule has 0 aromatic heterocycles. The maximum Gasteiger partial charge on any atom is 0.337 e. The zero-order valence-corrected chi connectivity index (χ0v) is 10.7. The second-order valence-corrected chi connectivity index (χ2v) is 4.74. The molecule has 1 aliphatic heterocycles. The van der Waals surface area contributed by atoms with Crippen LogP contribution in [-0.2, 0) is 4.74 Å². The lowest BCUT2D eigenvalue weighted by Gasteiger charge is -2.38. The molecule has 2 atom stereocenters. The molecule has 0 bridgehead atoms. The maximum atomic E-state index is 11.3. The molecule has 2 rings (SSSR count). The number of rotatable bonds is 3. The maximum absolute atomic E-state index is 11.3. The minimum Gasteiger partial charge on any atom is -0.478 e.